The Balaban J connectivity index is 5.29. The molecule has 0 atom stereocenters. The van der Waals surface area contributed by atoms with Crippen molar-refractivity contribution in [3.05, 3.63) is 12.2 Å². The van der Waals surface area contributed by atoms with E-state index in [2.05, 4.69) is 0 Å². The predicted octanol–water partition coefficient (Wildman–Crippen LogP) is 3.51. The fourth-order valence-corrected chi connectivity index (χ4v) is 0.608. The smallest absolute Gasteiger partial charge is 0.288 e. The van der Waals surface area contributed by atoms with Gasteiger partial charge in [-0.1, -0.05) is 0 Å². The molecule has 1 nitrogen and oxygen atoms in total. The summed E-state index contributed by atoms with van der Waals surface area (Å²) in [4.78, 5) is 10.3. The van der Waals surface area contributed by atoms with Crippen molar-refractivity contribution in [2.45, 2.75) is 24.2 Å². The van der Waals surface area contributed by atoms with Gasteiger partial charge in [-0.2, -0.15) is 43.9 Å². The highest BCUT2D eigenvalue weighted by molar-refractivity contribution is 5.96. The zero-order valence-corrected chi connectivity index (χ0v) is 7.84. The molecule has 0 N–H and O–H groups in total. The Kier molecular flexibility index (Phi) is 4.11. The zero-order valence-electron chi connectivity index (χ0n) is 7.84. The number of ketones is 1. The first-order valence-electron chi connectivity index (χ1n) is 3.75. The first-order chi connectivity index (χ1) is 7.63. The highest BCUT2D eigenvalue weighted by Gasteiger charge is 2.75. The van der Waals surface area contributed by atoms with Gasteiger partial charge < -0.3 is 0 Å². The molecule has 0 aromatic carbocycles. The van der Waals surface area contributed by atoms with Gasteiger partial charge in [-0.15, -0.1) is 0 Å². The second-order valence-electron chi connectivity index (χ2n) is 2.89. The van der Waals surface area contributed by atoms with Crippen LogP contribution in [-0.4, -0.2) is 30.0 Å². The number of carbonyl (C=O) groups excluding carboxylic acids is 1. The largest absolute Gasteiger partial charge is 0.460 e. The fourth-order valence-electron chi connectivity index (χ4n) is 0.608. The number of alkyl halides is 10. The molecular weight excluding hydrogens is 290 g/mol. The van der Waals surface area contributed by atoms with Gasteiger partial charge in [0.25, 0.3) is 0 Å². The Morgan fingerprint density at radius 2 is 1.17 bits per heavy atom. The van der Waals surface area contributed by atoms with Crippen LogP contribution in [0, 0.1) is 0 Å². The molecule has 0 amide bonds. The Morgan fingerprint density at radius 1 is 0.778 bits per heavy atom. The molecule has 0 aromatic heterocycles. The number of rotatable bonds is 3. The van der Waals surface area contributed by atoms with E-state index >= 15 is 0 Å². The molecule has 0 unspecified atom stereocenters. The molecule has 0 saturated heterocycles. The van der Waals surface area contributed by atoms with Gasteiger partial charge in [0.05, 0.1) is 0 Å². The summed E-state index contributed by atoms with van der Waals surface area (Å²) < 4.78 is 118. The Bertz CT molecular complexity index is 346. The minimum absolute atomic E-state index is 1.08. The normalized spacial score (nSPS) is 15.2. The number of hydrogen-bond donors (Lipinski definition) is 0. The lowest BCUT2D eigenvalue weighted by molar-refractivity contribution is -0.342. The summed E-state index contributed by atoms with van der Waals surface area (Å²) in [5.74, 6) is -16.4. The SMILES string of the molecule is O=C(C=CC(F)(F)F)C(F)(F)C(F)(F)C(F)(F)F. The van der Waals surface area contributed by atoms with Crippen molar-refractivity contribution in [1.29, 1.82) is 0 Å². The van der Waals surface area contributed by atoms with Gasteiger partial charge in [-0.05, 0) is 6.08 Å². The van der Waals surface area contributed by atoms with Crippen molar-refractivity contribution in [3.63, 3.8) is 0 Å². The summed E-state index contributed by atoms with van der Waals surface area (Å²) >= 11 is 0. The molecule has 0 fully saturated rings. The third kappa shape index (κ3) is 3.35. The molecule has 0 saturated carbocycles. The van der Waals surface area contributed by atoms with Crippen LogP contribution in [0.2, 0.25) is 0 Å². The summed E-state index contributed by atoms with van der Waals surface area (Å²) in [6, 6.07) is 0. The van der Waals surface area contributed by atoms with Gasteiger partial charge in [0.1, 0.15) is 0 Å². The van der Waals surface area contributed by atoms with E-state index in [1.807, 2.05) is 0 Å². The van der Waals surface area contributed by atoms with E-state index in [-0.39, 0.29) is 0 Å². The molecule has 0 radical (unpaired) electrons. The van der Waals surface area contributed by atoms with Crippen molar-refractivity contribution in [2.75, 3.05) is 0 Å². The first kappa shape index (κ1) is 16.7. The van der Waals surface area contributed by atoms with Crippen LogP contribution < -0.4 is 0 Å². The van der Waals surface area contributed by atoms with Gasteiger partial charge >= 0.3 is 24.2 Å². The number of allylic oxidation sites excluding steroid dienone is 2. The van der Waals surface area contributed by atoms with Crippen LogP contribution >= 0.6 is 0 Å². The van der Waals surface area contributed by atoms with Crippen molar-refractivity contribution >= 4 is 5.78 Å². The lowest BCUT2D eigenvalue weighted by Gasteiger charge is -2.26. The monoisotopic (exact) mass is 292 g/mol. The van der Waals surface area contributed by atoms with E-state index < -0.39 is 42.1 Å². The predicted molar refractivity (Wildman–Crippen MR) is 36.2 cm³/mol. The van der Waals surface area contributed by atoms with Gasteiger partial charge in [0, 0.05) is 6.08 Å². The second-order valence-corrected chi connectivity index (χ2v) is 2.89. The highest BCUT2D eigenvalue weighted by Crippen LogP contribution is 2.47. The maximum atomic E-state index is 12.4. The van der Waals surface area contributed by atoms with Crippen LogP contribution in [0.25, 0.3) is 0 Å². The highest BCUT2D eigenvalue weighted by atomic mass is 19.4. The van der Waals surface area contributed by atoms with Crippen LogP contribution in [0.5, 0.6) is 0 Å². The van der Waals surface area contributed by atoms with E-state index in [4.69, 9.17) is 0 Å². The molecule has 106 valence electrons. The van der Waals surface area contributed by atoms with E-state index in [1.54, 1.807) is 0 Å². The van der Waals surface area contributed by atoms with E-state index in [0.29, 0.717) is 0 Å². The standard InChI is InChI=1S/C7H2F10O/c8-4(9,10)2-1-3(18)5(11,12)6(13,14)7(15,16)17/h1-2H. The van der Waals surface area contributed by atoms with Crippen molar-refractivity contribution in [3.8, 4) is 0 Å². The van der Waals surface area contributed by atoms with Crippen LogP contribution in [0.4, 0.5) is 43.9 Å². The average Bonchev–Trinajstić information content (AvgIpc) is 2.10. The topological polar surface area (TPSA) is 17.1 Å². The first-order valence-corrected chi connectivity index (χ1v) is 3.75. The minimum Gasteiger partial charge on any atom is -0.288 e. The maximum absolute atomic E-state index is 12.4. The van der Waals surface area contributed by atoms with Crippen LogP contribution in [-0.2, 0) is 4.79 Å². The molecule has 0 heterocycles. The molecule has 0 aliphatic carbocycles. The summed E-state index contributed by atoms with van der Waals surface area (Å²) in [6.45, 7) is 0. The Hall–Kier alpha value is -1.29. The van der Waals surface area contributed by atoms with Crippen molar-refractivity contribution in [1.82, 2.24) is 0 Å². The van der Waals surface area contributed by atoms with E-state index in [1.165, 1.54) is 0 Å². The van der Waals surface area contributed by atoms with E-state index in [9.17, 15) is 48.7 Å². The summed E-state index contributed by atoms with van der Waals surface area (Å²) in [5.41, 5.74) is 0. The van der Waals surface area contributed by atoms with E-state index in [0.717, 1.165) is 0 Å². The Labute approximate surface area is 92.1 Å². The molecule has 0 rings (SSSR count). The molecule has 0 bridgehead atoms. The molecule has 0 aliphatic heterocycles. The third-order valence-corrected chi connectivity index (χ3v) is 1.48. The zero-order chi connectivity index (χ0) is 15.0. The Morgan fingerprint density at radius 3 is 1.44 bits per heavy atom. The van der Waals surface area contributed by atoms with Crippen LogP contribution in [0.1, 0.15) is 0 Å². The van der Waals surface area contributed by atoms with Crippen molar-refractivity contribution in [2.24, 2.45) is 0 Å². The van der Waals surface area contributed by atoms with Crippen molar-refractivity contribution < 1.29 is 48.7 Å². The number of hydrogen-bond acceptors (Lipinski definition) is 1. The number of carbonyl (C=O) groups is 1. The summed E-state index contributed by atoms with van der Waals surface area (Å²) in [7, 11) is 0. The fraction of sp³-hybridized carbons (Fsp3) is 0.571. The quantitative estimate of drug-likeness (QED) is 0.574. The second kappa shape index (κ2) is 4.43. The molecular formula is C7H2F10O. The average molecular weight is 292 g/mol. The van der Waals surface area contributed by atoms with Gasteiger partial charge in [-0.25, -0.2) is 0 Å². The molecule has 0 aliphatic rings. The van der Waals surface area contributed by atoms with Crippen LogP contribution in [0.15, 0.2) is 12.2 Å². The molecule has 0 spiro atoms. The maximum Gasteiger partial charge on any atom is 0.460 e. The summed E-state index contributed by atoms with van der Waals surface area (Å²) in [6.07, 6.45) is -14.3. The molecule has 18 heavy (non-hydrogen) atoms. The van der Waals surface area contributed by atoms with Gasteiger partial charge in [0.15, 0.2) is 0 Å². The molecule has 11 heteroatoms. The molecule has 0 aromatic rings. The third-order valence-electron chi connectivity index (χ3n) is 1.48. The number of halogens is 10. The van der Waals surface area contributed by atoms with Crippen LogP contribution in [0.3, 0.4) is 0 Å². The lowest BCUT2D eigenvalue weighted by atomic mass is 10.1. The minimum atomic E-state index is -6.78. The van der Waals surface area contributed by atoms with Gasteiger partial charge in [-0.3, -0.25) is 4.79 Å². The summed E-state index contributed by atoms with van der Waals surface area (Å²) in [5, 5.41) is 0. The lowest BCUT2D eigenvalue weighted by Crippen LogP contribution is -2.55. The van der Waals surface area contributed by atoms with Gasteiger partial charge in [0.2, 0.25) is 5.78 Å².